The molecule has 2 aromatic rings. The van der Waals surface area contributed by atoms with E-state index < -0.39 is 0 Å². The second-order valence-electron chi connectivity index (χ2n) is 9.60. The van der Waals surface area contributed by atoms with Crippen LogP contribution in [0.3, 0.4) is 0 Å². The van der Waals surface area contributed by atoms with Crippen LogP contribution in [0.5, 0.6) is 5.75 Å². The van der Waals surface area contributed by atoms with Gasteiger partial charge in [0.25, 0.3) is 11.8 Å². The van der Waals surface area contributed by atoms with Crippen LogP contribution in [0.1, 0.15) is 59.9 Å². The summed E-state index contributed by atoms with van der Waals surface area (Å²) in [6.07, 6.45) is 1.58. The van der Waals surface area contributed by atoms with E-state index in [1.54, 1.807) is 13.2 Å². The van der Waals surface area contributed by atoms with Gasteiger partial charge in [-0.2, -0.15) is 0 Å². The van der Waals surface area contributed by atoms with Gasteiger partial charge in [-0.1, -0.05) is 39.0 Å². The summed E-state index contributed by atoms with van der Waals surface area (Å²) in [5, 5.41) is 0. The van der Waals surface area contributed by atoms with E-state index in [0.29, 0.717) is 24.4 Å². The highest BCUT2D eigenvalue weighted by atomic mass is 32.2. The van der Waals surface area contributed by atoms with Crippen molar-refractivity contribution in [3.05, 3.63) is 65.2 Å². The van der Waals surface area contributed by atoms with Gasteiger partial charge in [0.05, 0.1) is 12.0 Å². The summed E-state index contributed by atoms with van der Waals surface area (Å²) in [6.45, 7) is 8.58. The molecule has 4 rings (SSSR count). The Hall–Kier alpha value is -2.47. The first kappa shape index (κ1) is 22.7. The minimum atomic E-state index is -0.229. The van der Waals surface area contributed by atoms with E-state index in [2.05, 4.69) is 32.9 Å². The van der Waals surface area contributed by atoms with Gasteiger partial charge in [0.2, 0.25) is 0 Å². The van der Waals surface area contributed by atoms with Gasteiger partial charge in [0.1, 0.15) is 5.75 Å². The largest absolute Gasteiger partial charge is 0.497 e. The van der Waals surface area contributed by atoms with Crippen molar-refractivity contribution in [2.45, 2.75) is 43.9 Å². The van der Waals surface area contributed by atoms with E-state index in [0.717, 1.165) is 30.7 Å². The molecule has 0 saturated carbocycles. The molecule has 0 aromatic heterocycles. The van der Waals surface area contributed by atoms with Crippen molar-refractivity contribution in [1.82, 2.24) is 9.80 Å². The van der Waals surface area contributed by atoms with E-state index in [-0.39, 0.29) is 22.1 Å². The van der Waals surface area contributed by atoms with E-state index in [9.17, 15) is 9.59 Å². The number of carbonyl (C=O) groups is 2. The number of likely N-dealkylation sites (tertiary alicyclic amines) is 1. The van der Waals surface area contributed by atoms with Crippen LogP contribution in [0.2, 0.25) is 0 Å². The zero-order valence-electron chi connectivity index (χ0n) is 19.4. The summed E-state index contributed by atoms with van der Waals surface area (Å²) in [5.74, 6) is 1.74. The van der Waals surface area contributed by atoms with Gasteiger partial charge in [-0.3, -0.25) is 9.59 Å². The number of amides is 2. The maximum atomic E-state index is 13.3. The Morgan fingerprint density at radius 3 is 2.25 bits per heavy atom. The fraction of sp³-hybridized carbons (Fsp3) is 0.462. The van der Waals surface area contributed by atoms with Crippen LogP contribution in [0.4, 0.5) is 0 Å². The maximum Gasteiger partial charge on any atom is 0.255 e. The van der Waals surface area contributed by atoms with Crippen molar-refractivity contribution in [1.29, 1.82) is 0 Å². The third-order valence-corrected chi connectivity index (χ3v) is 8.12. The molecule has 0 aliphatic carbocycles. The summed E-state index contributed by atoms with van der Waals surface area (Å²) in [5.41, 5.74) is 2.68. The van der Waals surface area contributed by atoms with Gasteiger partial charge < -0.3 is 14.5 Å². The monoisotopic (exact) mass is 452 g/mol. The van der Waals surface area contributed by atoms with Crippen LogP contribution in [-0.2, 0) is 5.41 Å². The molecule has 0 unspecified atom stereocenters. The first-order valence-electron chi connectivity index (χ1n) is 11.2. The molecule has 2 heterocycles. The summed E-state index contributed by atoms with van der Waals surface area (Å²) in [4.78, 5) is 30.1. The quantitative estimate of drug-likeness (QED) is 0.670. The number of rotatable bonds is 3. The summed E-state index contributed by atoms with van der Waals surface area (Å²) in [7, 11) is 1.61. The second kappa shape index (κ2) is 8.81. The van der Waals surface area contributed by atoms with Gasteiger partial charge in [0, 0.05) is 36.5 Å². The number of ether oxygens (including phenoxy) is 1. The Kier molecular flexibility index (Phi) is 6.26. The first-order valence-corrected chi connectivity index (χ1v) is 12.2. The van der Waals surface area contributed by atoms with Crippen LogP contribution < -0.4 is 4.74 Å². The highest BCUT2D eigenvalue weighted by Crippen LogP contribution is 2.44. The summed E-state index contributed by atoms with van der Waals surface area (Å²) < 4.78 is 5.29. The summed E-state index contributed by atoms with van der Waals surface area (Å²) >= 11 is 1.86. The molecular formula is C26H32N2O3S. The van der Waals surface area contributed by atoms with Crippen molar-refractivity contribution in [3.8, 4) is 5.75 Å². The van der Waals surface area contributed by atoms with Gasteiger partial charge in [-0.25, -0.2) is 0 Å². The lowest BCUT2D eigenvalue weighted by Crippen LogP contribution is -2.53. The number of hydrogen-bond donors (Lipinski definition) is 0. The van der Waals surface area contributed by atoms with Crippen LogP contribution in [0.25, 0.3) is 0 Å². The number of carbonyl (C=O) groups excluding carboxylic acids is 2. The molecule has 170 valence electrons. The third kappa shape index (κ3) is 4.38. The van der Waals surface area contributed by atoms with Crippen molar-refractivity contribution >= 4 is 23.6 Å². The molecule has 32 heavy (non-hydrogen) atoms. The average molecular weight is 453 g/mol. The van der Waals surface area contributed by atoms with Gasteiger partial charge >= 0.3 is 0 Å². The molecule has 2 fully saturated rings. The molecular weight excluding hydrogens is 420 g/mol. The Morgan fingerprint density at radius 1 is 0.938 bits per heavy atom. The highest BCUT2D eigenvalue weighted by molar-refractivity contribution is 8.00. The van der Waals surface area contributed by atoms with E-state index >= 15 is 0 Å². The van der Waals surface area contributed by atoms with Gasteiger partial charge in [-0.15, -0.1) is 11.8 Å². The van der Waals surface area contributed by atoms with E-state index in [1.165, 1.54) is 5.56 Å². The number of hydrogen-bond acceptors (Lipinski definition) is 4. The molecule has 1 spiro atoms. The zero-order chi connectivity index (χ0) is 22.9. The molecule has 0 radical (unpaired) electrons. The van der Waals surface area contributed by atoms with Crippen molar-refractivity contribution < 1.29 is 14.3 Å². The topological polar surface area (TPSA) is 49.9 Å². The Labute approximate surface area is 195 Å². The smallest absolute Gasteiger partial charge is 0.255 e. The molecule has 2 aliphatic rings. The van der Waals surface area contributed by atoms with Crippen molar-refractivity contribution in [2.75, 3.05) is 32.5 Å². The minimum Gasteiger partial charge on any atom is -0.497 e. The fourth-order valence-electron chi connectivity index (χ4n) is 4.58. The van der Waals surface area contributed by atoms with E-state index in [1.807, 2.05) is 51.9 Å². The van der Waals surface area contributed by atoms with Crippen LogP contribution in [0, 0.1) is 0 Å². The lowest BCUT2D eigenvalue weighted by molar-refractivity contribution is 0.0497. The number of benzene rings is 2. The predicted molar refractivity (Wildman–Crippen MR) is 129 cm³/mol. The first-order chi connectivity index (χ1) is 15.2. The number of methoxy groups -OCH3 is 1. The molecule has 2 aliphatic heterocycles. The lowest BCUT2D eigenvalue weighted by Gasteiger charge is -2.44. The number of thioether (sulfide) groups is 1. The Bertz CT molecular complexity index is 989. The molecule has 0 atom stereocenters. The fourth-order valence-corrected chi connectivity index (χ4v) is 6.03. The Morgan fingerprint density at radius 2 is 1.62 bits per heavy atom. The SMILES string of the molecule is COc1cccc(C(=O)N2CCSC23CCN(C(=O)c2ccc(C(C)(C)C)cc2)CC3)c1. The Balaban J connectivity index is 1.44. The van der Waals surface area contributed by atoms with Gasteiger partial charge in [0.15, 0.2) is 0 Å². The standard InChI is InChI=1S/C26H32N2O3S/c1-25(2,3)21-10-8-19(9-11-21)23(29)27-14-12-26(13-15-27)28(16-17-32-26)24(30)20-6-5-7-22(18-20)31-4/h5-11,18H,12-17H2,1-4H3. The lowest BCUT2D eigenvalue weighted by atomic mass is 9.86. The molecule has 0 N–H and O–H groups in total. The van der Waals surface area contributed by atoms with Crippen molar-refractivity contribution in [3.63, 3.8) is 0 Å². The normalized spacial score (nSPS) is 18.1. The summed E-state index contributed by atoms with van der Waals surface area (Å²) in [6, 6.07) is 15.4. The van der Waals surface area contributed by atoms with Crippen LogP contribution >= 0.6 is 11.8 Å². The van der Waals surface area contributed by atoms with E-state index in [4.69, 9.17) is 4.74 Å². The number of nitrogens with zero attached hydrogens (tertiary/aromatic N) is 2. The predicted octanol–water partition coefficient (Wildman–Crippen LogP) is 4.81. The molecule has 2 amide bonds. The van der Waals surface area contributed by atoms with Crippen LogP contribution in [0.15, 0.2) is 48.5 Å². The second-order valence-corrected chi connectivity index (χ2v) is 11.1. The minimum absolute atomic E-state index is 0.0476. The van der Waals surface area contributed by atoms with Crippen LogP contribution in [-0.4, -0.2) is 59.0 Å². The highest BCUT2D eigenvalue weighted by Gasteiger charge is 2.47. The molecule has 5 nitrogen and oxygen atoms in total. The number of piperidine rings is 1. The molecule has 0 bridgehead atoms. The molecule has 6 heteroatoms. The molecule has 2 aromatic carbocycles. The van der Waals surface area contributed by atoms with Crippen molar-refractivity contribution in [2.24, 2.45) is 0 Å². The zero-order valence-corrected chi connectivity index (χ0v) is 20.2. The average Bonchev–Trinajstić information content (AvgIpc) is 3.21. The third-order valence-electron chi connectivity index (χ3n) is 6.57. The van der Waals surface area contributed by atoms with Gasteiger partial charge in [-0.05, 0) is 54.2 Å². The maximum absolute atomic E-state index is 13.3. The molecule has 2 saturated heterocycles.